The SMILES string of the molecule is Cc1[nH]c(/C=C2\C(=O)Nc3cccc(-c4ccc(Cl)cc4)c32)c(C)c1C(=O)N1CCC(N2CCCC2)CC1. The molecule has 0 unspecified atom stereocenters. The molecule has 0 saturated carbocycles. The number of anilines is 1. The molecule has 2 aromatic carbocycles. The van der Waals surface area contributed by atoms with Crippen molar-refractivity contribution in [3.8, 4) is 11.1 Å². The molecule has 0 spiro atoms. The summed E-state index contributed by atoms with van der Waals surface area (Å²) in [7, 11) is 0. The third kappa shape index (κ3) is 4.46. The average Bonchev–Trinajstić information content (AvgIpc) is 3.63. The van der Waals surface area contributed by atoms with Gasteiger partial charge in [-0.05, 0) is 93.6 Å². The van der Waals surface area contributed by atoms with Crippen LogP contribution in [0.15, 0.2) is 42.5 Å². The molecule has 196 valence electrons. The van der Waals surface area contributed by atoms with Gasteiger partial charge in [0.05, 0.1) is 11.1 Å². The fourth-order valence-electron chi connectivity index (χ4n) is 6.34. The molecule has 2 N–H and O–H groups in total. The normalized spacial score (nSPS) is 19.3. The van der Waals surface area contributed by atoms with Crippen molar-refractivity contribution in [3.63, 3.8) is 0 Å². The van der Waals surface area contributed by atoms with Crippen LogP contribution in [0, 0.1) is 13.8 Å². The van der Waals surface area contributed by atoms with Crippen molar-refractivity contribution < 1.29 is 9.59 Å². The van der Waals surface area contributed by atoms with E-state index in [1.54, 1.807) is 0 Å². The van der Waals surface area contributed by atoms with Crippen LogP contribution in [0.3, 0.4) is 0 Å². The number of hydrogen-bond donors (Lipinski definition) is 2. The number of piperidine rings is 1. The Balaban J connectivity index is 1.29. The molecule has 0 atom stereocenters. The number of amides is 2. The largest absolute Gasteiger partial charge is 0.358 e. The molecule has 6 nitrogen and oxygen atoms in total. The summed E-state index contributed by atoms with van der Waals surface area (Å²) in [5, 5.41) is 3.67. The molecule has 3 aliphatic rings. The summed E-state index contributed by atoms with van der Waals surface area (Å²) in [4.78, 5) is 34.7. The lowest BCUT2D eigenvalue weighted by molar-refractivity contribution is -0.110. The maximum absolute atomic E-state index is 13.6. The second kappa shape index (κ2) is 10.1. The molecule has 38 heavy (non-hydrogen) atoms. The summed E-state index contributed by atoms with van der Waals surface area (Å²) in [6.45, 7) is 7.90. The van der Waals surface area contributed by atoms with Crippen molar-refractivity contribution in [2.75, 3.05) is 31.5 Å². The van der Waals surface area contributed by atoms with E-state index in [4.69, 9.17) is 11.6 Å². The maximum Gasteiger partial charge on any atom is 0.256 e. The highest BCUT2D eigenvalue weighted by Gasteiger charge is 2.32. The highest BCUT2D eigenvalue weighted by atomic mass is 35.5. The number of aryl methyl sites for hydroxylation is 1. The van der Waals surface area contributed by atoms with Crippen LogP contribution < -0.4 is 5.32 Å². The van der Waals surface area contributed by atoms with Crippen LogP contribution in [0.25, 0.3) is 22.8 Å². The lowest BCUT2D eigenvalue weighted by Crippen LogP contribution is -2.46. The Morgan fingerprint density at radius 1 is 1.00 bits per heavy atom. The second-order valence-corrected chi connectivity index (χ2v) is 11.1. The van der Waals surface area contributed by atoms with Crippen molar-refractivity contribution in [2.24, 2.45) is 0 Å². The zero-order valence-electron chi connectivity index (χ0n) is 21.9. The van der Waals surface area contributed by atoms with Crippen molar-refractivity contribution in [1.29, 1.82) is 0 Å². The predicted molar refractivity (Wildman–Crippen MR) is 153 cm³/mol. The minimum atomic E-state index is -0.148. The van der Waals surface area contributed by atoms with E-state index in [1.807, 2.05) is 67.3 Å². The zero-order chi connectivity index (χ0) is 26.4. The molecular weight excluding hydrogens is 496 g/mol. The molecule has 3 aliphatic heterocycles. The first-order chi connectivity index (χ1) is 18.4. The summed E-state index contributed by atoms with van der Waals surface area (Å²) >= 11 is 6.11. The first-order valence-corrected chi connectivity index (χ1v) is 13.9. The van der Waals surface area contributed by atoms with Gasteiger partial charge in [0.2, 0.25) is 0 Å². The number of carbonyl (C=O) groups is 2. The van der Waals surface area contributed by atoms with E-state index in [-0.39, 0.29) is 11.8 Å². The standard InChI is InChI=1S/C31H33ClN4O2/c1-19-27(33-20(2)28(19)31(38)36-16-12-23(13-17-36)35-14-3-4-15-35)18-25-29-24(21-8-10-22(32)11-9-21)6-5-7-26(29)34-30(25)37/h5-11,18,23,33H,3-4,12-17H2,1-2H3,(H,34,37)/b25-18-. The van der Waals surface area contributed by atoms with Gasteiger partial charge in [0.1, 0.15) is 0 Å². The fraction of sp³-hybridized carbons (Fsp3) is 0.355. The third-order valence-electron chi connectivity index (χ3n) is 8.37. The summed E-state index contributed by atoms with van der Waals surface area (Å²) in [6, 6.07) is 14.1. The second-order valence-electron chi connectivity index (χ2n) is 10.7. The number of nitrogens with zero attached hydrogens (tertiary/aromatic N) is 2. The molecular formula is C31H33ClN4O2. The minimum Gasteiger partial charge on any atom is -0.358 e. The lowest BCUT2D eigenvalue weighted by atomic mass is 9.94. The Bertz CT molecular complexity index is 1420. The fourth-order valence-corrected chi connectivity index (χ4v) is 6.47. The topological polar surface area (TPSA) is 68.4 Å². The number of halogens is 1. The van der Waals surface area contributed by atoms with Crippen LogP contribution in [0.2, 0.25) is 5.02 Å². The molecule has 1 aromatic heterocycles. The Kier molecular flexibility index (Phi) is 6.62. The maximum atomic E-state index is 13.6. The molecule has 0 radical (unpaired) electrons. The van der Waals surface area contributed by atoms with E-state index >= 15 is 0 Å². The summed E-state index contributed by atoms with van der Waals surface area (Å²) < 4.78 is 0. The van der Waals surface area contributed by atoms with Crippen LogP contribution in [0.5, 0.6) is 0 Å². The molecule has 3 aromatic rings. The number of nitrogens with one attached hydrogen (secondary N) is 2. The lowest BCUT2D eigenvalue weighted by Gasteiger charge is -2.36. The number of likely N-dealkylation sites (tertiary alicyclic amines) is 2. The Morgan fingerprint density at radius 2 is 1.71 bits per heavy atom. The predicted octanol–water partition coefficient (Wildman–Crippen LogP) is 6.15. The quantitative estimate of drug-likeness (QED) is 0.399. The number of hydrogen-bond acceptors (Lipinski definition) is 3. The van der Waals surface area contributed by atoms with Gasteiger partial charge in [-0.3, -0.25) is 9.59 Å². The van der Waals surface area contributed by atoms with Crippen molar-refractivity contribution in [1.82, 2.24) is 14.8 Å². The van der Waals surface area contributed by atoms with E-state index in [0.29, 0.717) is 16.6 Å². The number of rotatable bonds is 4. The highest BCUT2D eigenvalue weighted by molar-refractivity contribution is 6.36. The van der Waals surface area contributed by atoms with Crippen LogP contribution in [0.4, 0.5) is 5.69 Å². The van der Waals surface area contributed by atoms with Crippen LogP contribution in [-0.2, 0) is 4.79 Å². The smallest absolute Gasteiger partial charge is 0.256 e. The molecule has 4 heterocycles. The van der Waals surface area contributed by atoms with Crippen LogP contribution >= 0.6 is 11.6 Å². The van der Waals surface area contributed by atoms with Gasteiger partial charge in [0.25, 0.3) is 11.8 Å². The van der Waals surface area contributed by atoms with E-state index in [0.717, 1.165) is 70.8 Å². The summed E-state index contributed by atoms with van der Waals surface area (Å²) in [5.41, 5.74) is 7.42. The monoisotopic (exact) mass is 528 g/mol. The van der Waals surface area contributed by atoms with Crippen LogP contribution in [-0.4, -0.2) is 58.8 Å². The molecule has 2 fully saturated rings. The number of benzene rings is 2. The Morgan fingerprint density at radius 3 is 2.42 bits per heavy atom. The summed E-state index contributed by atoms with van der Waals surface area (Å²) in [6.07, 6.45) is 6.55. The number of fused-ring (bicyclic) bond motifs is 1. The number of carbonyl (C=O) groups excluding carboxylic acids is 2. The third-order valence-corrected chi connectivity index (χ3v) is 8.62. The summed E-state index contributed by atoms with van der Waals surface area (Å²) in [5.74, 6) is -0.0659. The molecule has 0 bridgehead atoms. The average molecular weight is 529 g/mol. The molecule has 0 aliphatic carbocycles. The molecule has 2 saturated heterocycles. The van der Waals surface area contributed by atoms with E-state index in [2.05, 4.69) is 15.2 Å². The van der Waals surface area contributed by atoms with Gasteiger partial charge in [-0.1, -0.05) is 35.9 Å². The van der Waals surface area contributed by atoms with Crippen molar-refractivity contribution in [3.05, 3.63) is 75.6 Å². The van der Waals surface area contributed by atoms with Crippen molar-refractivity contribution in [2.45, 2.75) is 45.6 Å². The first kappa shape index (κ1) is 25.0. The van der Waals surface area contributed by atoms with E-state index in [9.17, 15) is 9.59 Å². The van der Waals surface area contributed by atoms with Gasteiger partial charge in [0.15, 0.2) is 0 Å². The number of aromatic amines is 1. The molecule has 6 rings (SSSR count). The minimum absolute atomic E-state index is 0.0823. The van der Waals surface area contributed by atoms with Gasteiger partial charge >= 0.3 is 0 Å². The van der Waals surface area contributed by atoms with Gasteiger partial charge in [-0.15, -0.1) is 0 Å². The Labute approximate surface area is 228 Å². The van der Waals surface area contributed by atoms with Crippen LogP contribution in [0.1, 0.15) is 58.6 Å². The molecule has 7 heteroatoms. The van der Waals surface area contributed by atoms with Gasteiger partial charge in [-0.25, -0.2) is 0 Å². The zero-order valence-corrected chi connectivity index (χ0v) is 22.7. The highest BCUT2D eigenvalue weighted by Crippen LogP contribution is 2.41. The van der Waals surface area contributed by atoms with E-state index < -0.39 is 0 Å². The Hall–Kier alpha value is -3.35. The molecule has 2 amide bonds. The first-order valence-electron chi connectivity index (χ1n) is 13.6. The number of aromatic nitrogens is 1. The van der Waals surface area contributed by atoms with Gasteiger partial charge < -0.3 is 20.1 Å². The number of H-pyrrole nitrogens is 1. The van der Waals surface area contributed by atoms with Crippen molar-refractivity contribution >= 4 is 40.8 Å². The van der Waals surface area contributed by atoms with Gasteiger partial charge in [0, 0.05) is 46.8 Å². The van der Waals surface area contributed by atoms with Gasteiger partial charge in [-0.2, -0.15) is 0 Å². The van der Waals surface area contributed by atoms with E-state index in [1.165, 1.54) is 25.9 Å².